The zero-order valence-corrected chi connectivity index (χ0v) is 9.96. The number of nitrogens with zero attached hydrogens (tertiary/aromatic N) is 3. The first kappa shape index (κ1) is 14.0. The van der Waals surface area contributed by atoms with Crippen LogP contribution in [0, 0.1) is 12.8 Å². The van der Waals surface area contributed by atoms with E-state index >= 15 is 0 Å². The third kappa shape index (κ3) is 3.42. The molecule has 0 aliphatic rings. The molecule has 0 saturated carbocycles. The Bertz CT molecular complexity index is 359. The molecular formula is C10H17F3N4. The van der Waals surface area contributed by atoms with Crippen molar-refractivity contribution in [2.45, 2.75) is 39.4 Å². The van der Waals surface area contributed by atoms with Crippen LogP contribution in [0.3, 0.4) is 0 Å². The van der Waals surface area contributed by atoms with Crippen molar-refractivity contribution in [2.75, 3.05) is 6.54 Å². The Balaban J connectivity index is 2.86. The molecule has 0 amide bonds. The molecule has 2 N–H and O–H groups in total. The molecule has 0 aliphatic carbocycles. The molecule has 1 rings (SSSR count). The summed E-state index contributed by atoms with van der Waals surface area (Å²) in [6.07, 6.45) is -4.48. The minimum absolute atomic E-state index is 0.0173. The van der Waals surface area contributed by atoms with E-state index in [1.807, 2.05) is 6.92 Å². The maximum Gasteiger partial charge on any atom is 0.392 e. The molecule has 0 saturated heterocycles. The van der Waals surface area contributed by atoms with E-state index in [9.17, 15) is 13.2 Å². The summed E-state index contributed by atoms with van der Waals surface area (Å²) in [7, 11) is 0. The van der Waals surface area contributed by atoms with Gasteiger partial charge in [-0.15, -0.1) is 10.2 Å². The maximum absolute atomic E-state index is 12.7. The molecule has 1 unspecified atom stereocenters. The number of aromatic nitrogens is 3. The largest absolute Gasteiger partial charge is 0.392 e. The Morgan fingerprint density at radius 1 is 1.35 bits per heavy atom. The Labute approximate surface area is 98.0 Å². The van der Waals surface area contributed by atoms with Crippen LogP contribution >= 0.6 is 0 Å². The second kappa shape index (κ2) is 5.48. The fourth-order valence-corrected chi connectivity index (χ4v) is 1.79. The van der Waals surface area contributed by atoms with Crippen LogP contribution in [0.15, 0.2) is 0 Å². The Hall–Kier alpha value is -1.11. The highest BCUT2D eigenvalue weighted by Crippen LogP contribution is 2.31. The molecule has 0 spiro atoms. The number of hydrogen-bond donors (Lipinski definition) is 1. The van der Waals surface area contributed by atoms with Crippen LogP contribution in [0.5, 0.6) is 0 Å². The maximum atomic E-state index is 12.7. The summed E-state index contributed by atoms with van der Waals surface area (Å²) < 4.78 is 39.9. The average molecular weight is 250 g/mol. The molecule has 0 radical (unpaired) electrons. The molecule has 98 valence electrons. The van der Waals surface area contributed by atoms with Crippen LogP contribution in [0.25, 0.3) is 0 Å². The van der Waals surface area contributed by atoms with Gasteiger partial charge in [0.15, 0.2) is 0 Å². The van der Waals surface area contributed by atoms with Crippen molar-refractivity contribution in [2.24, 2.45) is 11.7 Å². The zero-order chi connectivity index (χ0) is 13.1. The molecule has 17 heavy (non-hydrogen) atoms. The van der Waals surface area contributed by atoms with Gasteiger partial charge in [0.25, 0.3) is 0 Å². The second-order valence-electron chi connectivity index (χ2n) is 3.93. The first-order chi connectivity index (χ1) is 7.90. The van der Waals surface area contributed by atoms with Gasteiger partial charge in [0.1, 0.15) is 11.6 Å². The predicted molar refractivity (Wildman–Crippen MR) is 57.4 cm³/mol. The van der Waals surface area contributed by atoms with Crippen LogP contribution in [-0.4, -0.2) is 27.5 Å². The van der Waals surface area contributed by atoms with Crippen molar-refractivity contribution < 1.29 is 13.2 Å². The smallest absolute Gasteiger partial charge is 0.330 e. The third-order valence-electron chi connectivity index (χ3n) is 2.74. The van der Waals surface area contributed by atoms with Crippen LogP contribution in [-0.2, 0) is 13.0 Å². The second-order valence-corrected chi connectivity index (χ2v) is 3.93. The van der Waals surface area contributed by atoms with E-state index in [0.717, 1.165) is 0 Å². The predicted octanol–water partition coefficient (Wildman–Crippen LogP) is 1.68. The van der Waals surface area contributed by atoms with E-state index in [4.69, 9.17) is 5.73 Å². The Morgan fingerprint density at radius 2 is 2.00 bits per heavy atom. The fraction of sp³-hybridized carbons (Fsp3) is 0.800. The van der Waals surface area contributed by atoms with Gasteiger partial charge < -0.3 is 10.3 Å². The Kier molecular flexibility index (Phi) is 4.50. The van der Waals surface area contributed by atoms with Gasteiger partial charge in [-0.05, 0) is 26.8 Å². The standard InChI is InChI=1S/C10H17F3N4/c1-3-17-7(2)15-16-9(17)6-8(4-5-14)10(11,12)13/h8H,3-6,14H2,1-2H3. The molecule has 0 aromatic carbocycles. The summed E-state index contributed by atoms with van der Waals surface area (Å²) in [4.78, 5) is 0. The van der Waals surface area contributed by atoms with Crippen molar-refractivity contribution in [1.29, 1.82) is 0 Å². The monoisotopic (exact) mass is 250 g/mol. The van der Waals surface area contributed by atoms with Crippen molar-refractivity contribution >= 4 is 0 Å². The van der Waals surface area contributed by atoms with E-state index in [0.29, 0.717) is 18.2 Å². The van der Waals surface area contributed by atoms with Gasteiger partial charge in [0.2, 0.25) is 0 Å². The molecule has 0 bridgehead atoms. The lowest BCUT2D eigenvalue weighted by Gasteiger charge is -2.19. The average Bonchev–Trinajstić information content (AvgIpc) is 2.57. The number of nitrogens with two attached hydrogens (primary N) is 1. The molecule has 4 nitrogen and oxygen atoms in total. The first-order valence-electron chi connectivity index (χ1n) is 5.55. The molecule has 1 aromatic rings. The highest BCUT2D eigenvalue weighted by molar-refractivity contribution is 4.96. The first-order valence-corrected chi connectivity index (χ1v) is 5.55. The van der Waals surface area contributed by atoms with Gasteiger partial charge in [-0.3, -0.25) is 0 Å². The molecule has 1 aromatic heterocycles. The van der Waals surface area contributed by atoms with Crippen molar-refractivity contribution in [1.82, 2.24) is 14.8 Å². The fourth-order valence-electron chi connectivity index (χ4n) is 1.79. The van der Waals surface area contributed by atoms with E-state index in [1.54, 1.807) is 11.5 Å². The summed E-state index contributed by atoms with van der Waals surface area (Å²) in [6, 6.07) is 0. The normalized spacial score (nSPS) is 14.0. The van der Waals surface area contributed by atoms with Gasteiger partial charge in [-0.2, -0.15) is 13.2 Å². The van der Waals surface area contributed by atoms with Crippen molar-refractivity contribution in [3.05, 3.63) is 11.6 Å². The topological polar surface area (TPSA) is 56.7 Å². The molecular weight excluding hydrogens is 233 g/mol. The quantitative estimate of drug-likeness (QED) is 0.865. The van der Waals surface area contributed by atoms with Crippen LogP contribution in [0.2, 0.25) is 0 Å². The van der Waals surface area contributed by atoms with Gasteiger partial charge in [-0.25, -0.2) is 0 Å². The highest BCUT2D eigenvalue weighted by atomic mass is 19.4. The minimum atomic E-state index is -4.24. The summed E-state index contributed by atoms with van der Waals surface area (Å²) in [5.74, 6) is -0.432. The van der Waals surface area contributed by atoms with E-state index in [1.165, 1.54) is 0 Å². The van der Waals surface area contributed by atoms with Crippen molar-refractivity contribution in [3.63, 3.8) is 0 Å². The lowest BCUT2D eigenvalue weighted by Crippen LogP contribution is -2.28. The van der Waals surface area contributed by atoms with Crippen LogP contribution < -0.4 is 5.73 Å². The van der Waals surface area contributed by atoms with Gasteiger partial charge in [0, 0.05) is 13.0 Å². The molecule has 0 fully saturated rings. The minimum Gasteiger partial charge on any atom is -0.330 e. The molecule has 0 aliphatic heterocycles. The highest BCUT2D eigenvalue weighted by Gasteiger charge is 2.39. The molecule has 1 atom stereocenters. The number of halogens is 3. The van der Waals surface area contributed by atoms with Crippen molar-refractivity contribution in [3.8, 4) is 0 Å². The molecule has 7 heteroatoms. The zero-order valence-electron chi connectivity index (χ0n) is 9.96. The van der Waals surface area contributed by atoms with Gasteiger partial charge in [0.05, 0.1) is 5.92 Å². The Morgan fingerprint density at radius 3 is 2.47 bits per heavy atom. The SMILES string of the molecule is CCn1c(C)nnc1CC(CCN)C(F)(F)F. The summed E-state index contributed by atoms with van der Waals surface area (Å²) in [5.41, 5.74) is 5.21. The van der Waals surface area contributed by atoms with Gasteiger partial charge in [-0.1, -0.05) is 0 Å². The summed E-state index contributed by atoms with van der Waals surface area (Å²) in [6.45, 7) is 4.17. The number of hydrogen-bond acceptors (Lipinski definition) is 3. The number of alkyl halides is 3. The van der Waals surface area contributed by atoms with E-state index in [-0.39, 0.29) is 19.4 Å². The lowest BCUT2D eigenvalue weighted by molar-refractivity contribution is -0.175. The van der Waals surface area contributed by atoms with Crippen LogP contribution in [0.4, 0.5) is 13.2 Å². The third-order valence-corrected chi connectivity index (χ3v) is 2.74. The van der Waals surface area contributed by atoms with E-state index < -0.39 is 12.1 Å². The summed E-state index contributed by atoms with van der Waals surface area (Å²) in [5, 5.41) is 7.59. The lowest BCUT2D eigenvalue weighted by atomic mass is 10.0. The van der Waals surface area contributed by atoms with E-state index in [2.05, 4.69) is 10.2 Å². The summed E-state index contributed by atoms with van der Waals surface area (Å²) >= 11 is 0. The van der Waals surface area contributed by atoms with Gasteiger partial charge >= 0.3 is 6.18 Å². The number of aryl methyl sites for hydroxylation is 1. The number of rotatable bonds is 5. The molecule has 1 heterocycles. The van der Waals surface area contributed by atoms with Crippen LogP contribution in [0.1, 0.15) is 25.0 Å².